The molecule has 0 fully saturated rings. The lowest BCUT2D eigenvalue weighted by molar-refractivity contribution is -0.137. The van der Waals surface area contributed by atoms with Crippen LogP contribution in [-0.4, -0.2) is 18.2 Å². The van der Waals surface area contributed by atoms with Gasteiger partial charge in [0, 0.05) is 28.8 Å². The molecule has 0 saturated heterocycles. The monoisotopic (exact) mass is 417 g/mol. The van der Waals surface area contributed by atoms with Gasteiger partial charge in [0.25, 0.3) is 5.91 Å². The number of rotatable bonds is 4. The van der Waals surface area contributed by atoms with Crippen LogP contribution in [0.3, 0.4) is 0 Å². The summed E-state index contributed by atoms with van der Waals surface area (Å²) in [6.07, 6.45) is -3.54. The van der Waals surface area contributed by atoms with Crippen molar-refractivity contribution in [3.8, 4) is 0 Å². The smallest absolute Gasteiger partial charge is 0.398 e. The van der Waals surface area contributed by atoms with Crippen LogP contribution in [0.1, 0.15) is 29.7 Å². The Morgan fingerprint density at radius 3 is 2.63 bits per heavy atom. The maximum Gasteiger partial charge on any atom is 0.416 e. The van der Waals surface area contributed by atoms with Crippen molar-refractivity contribution in [2.75, 3.05) is 11.1 Å². The van der Waals surface area contributed by atoms with E-state index in [2.05, 4.69) is 16.0 Å². The molecule has 1 heterocycles. The van der Waals surface area contributed by atoms with E-state index in [-0.39, 0.29) is 16.8 Å². The number of halogens is 3. The highest BCUT2D eigenvalue weighted by molar-refractivity contribution is 6.07. The number of alkyl halides is 3. The first-order valence-electron chi connectivity index (χ1n) is 8.77. The Hall–Kier alpha value is -3.82. The second kappa shape index (κ2) is 7.90. The number of nitrogens with two attached hydrogens (primary N) is 1. The molecule has 0 aromatic heterocycles. The van der Waals surface area contributed by atoms with E-state index >= 15 is 0 Å². The number of benzene rings is 2. The van der Waals surface area contributed by atoms with Gasteiger partial charge in [-0.1, -0.05) is 12.1 Å². The molecule has 0 saturated carbocycles. The van der Waals surface area contributed by atoms with Crippen LogP contribution in [0.5, 0.6) is 0 Å². The van der Waals surface area contributed by atoms with Crippen molar-refractivity contribution in [3.63, 3.8) is 0 Å². The molecule has 7 nitrogen and oxygen atoms in total. The van der Waals surface area contributed by atoms with Crippen LogP contribution in [0, 0.1) is 5.41 Å². The molecular formula is C20H18F3N5O2. The molecule has 3 rings (SSSR count). The van der Waals surface area contributed by atoms with Gasteiger partial charge >= 0.3 is 12.2 Å². The molecule has 2 aromatic rings. The van der Waals surface area contributed by atoms with Crippen LogP contribution in [0.2, 0.25) is 0 Å². The molecule has 1 aliphatic heterocycles. The Morgan fingerprint density at radius 2 is 1.97 bits per heavy atom. The molecule has 10 heteroatoms. The Labute approximate surface area is 169 Å². The van der Waals surface area contributed by atoms with Gasteiger partial charge in [-0.3, -0.25) is 4.79 Å². The van der Waals surface area contributed by atoms with Crippen molar-refractivity contribution in [2.45, 2.75) is 19.1 Å². The van der Waals surface area contributed by atoms with E-state index in [0.717, 1.165) is 18.3 Å². The molecule has 1 aliphatic rings. The highest BCUT2D eigenvalue weighted by Crippen LogP contribution is 2.34. The third kappa shape index (κ3) is 4.27. The number of anilines is 2. The normalized spacial score (nSPS) is 16.5. The zero-order valence-corrected chi connectivity index (χ0v) is 15.7. The average Bonchev–Trinajstić information content (AvgIpc) is 2.68. The number of nitrogen functional groups attached to an aromatic ring is 1. The zero-order chi connectivity index (χ0) is 22.1. The van der Waals surface area contributed by atoms with E-state index in [9.17, 15) is 22.8 Å². The lowest BCUT2D eigenvalue weighted by atomic mass is 9.93. The number of hydrogen-bond donors (Lipinski definition) is 5. The summed E-state index contributed by atoms with van der Waals surface area (Å²) in [5, 5.41) is 14.9. The van der Waals surface area contributed by atoms with Crippen molar-refractivity contribution in [1.82, 2.24) is 10.6 Å². The number of amides is 3. The molecule has 1 atom stereocenters. The Bertz CT molecular complexity index is 1060. The van der Waals surface area contributed by atoms with Gasteiger partial charge in [-0.2, -0.15) is 13.2 Å². The summed E-state index contributed by atoms with van der Waals surface area (Å²) in [5.41, 5.74) is 6.31. The van der Waals surface area contributed by atoms with Gasteiger partial charge in [0.2, 0.25) is 0 Å². The van der Waals surface area contributed by atoms with Crippen molar-refractivity contribution >= 4 is 29.5 Å². The molecule has 6 N–H and O–H groups in total. The average molecular weight is 417 g/mol. The summed E-state index contributed by atoms with van der Waals surface area (Å²) < 4.78 is 39.3. The van der Waals surface area contributed by atoms with Gasteiger partial charge in [-0.25, -0.2) is 4.79 Å². The lowest BCUT2D eigenvalue weighted by Gasteiger charge is -2.29. The Balaban J connectivity index is 1.98. The Kier molecular flexibility index (Phi) is 5.50. The quantitative estimate of drug-likeness (QED) is 0.386. The number of hydrogen-bond acceptors (Lipinski definition) is 4. The predicted molar refractivity (Wildman–Crippen MR) is 106 cm³/mol. The first-order valence-corrected chi connectivity index (χ1v) is 8.77. The van der Waals surface area contributed by atoms with Gasteiger partial charge in [-0.05, 0) is 42.8 Å². The van der Waals surface area contributed by atoms with E-state index in [1.54, 1.807) is 0 Å². The minimum Gasteiger partial charge on any atom is -0.398 e. The minimum absolute atomic E-state index is 0.0575. The molecule has 3 amide bonds. The van der Waals surface area contributed by atoms with Gasteiger partial charge in [0.15, 0.2) is 0 Å². The van der Waals surface area contributed by atoms with Gasteiger partial charge in [0.05, 0.1) is 17.2 Å². The minimum atomic E-state index is -4.57. The molecule has 0 bridgehead atoms. The van der Waals surface area contributed by atoms with Crippen LogP contribution in [0.25, 0.3) is 0 Å². The standard InChI is InChI=1S/C20H18F3N5O2/c1-10-16(18(29)27-14-5-6-15(25)12(8-14)9-24)17(28-19(30)26-10)11-3-2-4-13(7-11)20(21,22)23/h2-9,17,24H,25H2,1H3,(H,27,29)(H2,26,28,30). The molecule has 2 aromatic carbocycles. The summed E-state index contributed by atoms with van der Waals surface area (Å²) in [4.78, 5) is 24.9. The van der Waals surface area contributed by atoms with Crippen LogP contribution in [-0.2, 0) is 11.0 Å². The topological polar surface area (TPSA) is 120 Å². The molecule has 0 radical (unpaired) electrons. The number of urea groups is 1. The third-order valence-corrected chi connectivity index (χ3v) is 4.56. The fourth-order valence-corrected chi connectivity index (χ4v) is 3.12. The first kappa shape index (κ1) is 20.9. The molecular weight excluding hydrogens is 399 g/mol. The number of carbonyl (C=O) groups excluding carboxylic acids is 2. The van der Waals surface area contributed by atoms with E-state index in [1.807, 2.05) is 0 Å². The summed E-state index contributed by atoms with van der Waals surface area (Å²) in [5.74, 6) is -0.622. The molecule has 0 aliphatic carbocycles. The van der Waals surface area contributed by atoms with Crippen molar-refractivity contribution < 1.29 is 22.8 Å². The number of allylic oxidation sites excluding steroid dienone is 1. The van der Waals surface area contributed by atoms with E-state index < -0.39 is 29.7 Å². The van der Waals surface area contributed by atoms with Crippen LogP contribution < -0.4 is 21.7 Å². The molecule has 1 unspecified atom stereocenters. The summed E-state index contributed by atoms with van der Waals surface area (Å²) in [6, 6.07) is 7.25. The van der Waals surface area contributed by atoms with E-state index in [0.29, 0.717) is 16.9 Å². The lowest BCUT2D eigenvalue weighted by Crippen LogP contribution is -2.46. The van der Waals surface area contributed by atoms with Gasteiger partial charge < -0.3 is 27.1 Å². The van der Waals surface area contributed by atoms with E-state index in [4.69, 9.17) is 11.1 Å². The summed E-state index contributed by atoms with van der Waals surface area (Å²) >= 11 is 0. The second-order valence-electron chi connectivity index (χ2n) is 6.64. The zero-order valence-electron chi connectivity index (χ0n) is 15.7. The van der Waals surface area contributed by atoms with Crippen LogP contribution >= 0.6 is 0 Å². The molecule has 156 valence electrons. The highest BCUT2D eigenvalue weighted by Gasteiger charge is 2.34. The number of carbonyl (C=O) groups is 2. The maximum absolute atomic E-state index is 13.1. The van der Waals surface area contributed by atoms with Crippen molar-refractivity contribution in [3.05, 3.63) is 70.4 Å². The van der Waals surface area contributed by atoms with Gasteiger partial charge in [0.1, 0.15) is 0 Å². The summed E-state index contributed by atoms with van der Waals surface area (Å²) in [6.45, 7) is 1.49. The van der Waals surface area contributed by atoms with Crippen LogP contribution in [0.15, 0.2) is 53.7 Å². The van der Waals surface area contributed by atoms with Crippen molar-refractivity contribution in [2.24, 2.45) is 0 Å². The van der Waals surface area contributed by atoms with Crippen LogP contribution in [0.4, 0.5) is 29.3 Å². The van der Waals surface area contributed by atoms with Crippen molar-refractivity contribution in [1.29, 1.82) is 5.41 Å². The molecule has 30 heavy (non-hydrogen) atoms. The summed E-state index contributed by atoms with van der Waals surface area (Å²) in [7, 11) is 0. The molecule has 0 spiro atoms. The predicted octanol–water partition coefficient (Wildman–Crippen LogP) is 3.55. The van der Waals surface area contributed by atoms with Gasteiger partial charge in [-0.15, -0.1) is 0 Å². The largest absolute Gasteiger partial charge is 0.416 e. The Morgan fingerprint density at radius 1 is 1.23 bits per heavy atom. The number of nitrogens with one attached hydrogen (secondary N) is 4. The maximum atomic E-state index is 13.1. The SMILES string of the molecule is CC1=C(C(=O)Nc2ccc(N)c(C=N)c2)C(c2cccc(C(F)(F)F)c2)NC(=O)N1. The third-order valence-electron chi connectivity index (χ3n) is 4.56. The van der Waals surface area contributed by atoms with E-state index in [1.165, 1.54) is 37.3 Å². The fraction of sp³-hybridized carbons (Fsp3) is 0.150. The fourth-order valence-electron chi connectivity index (χ4n) is 3.12. The highest BCUT2D eigenvalue weighted by atomic mass is 19.4. The first-order chi connectivity index (χ1) is 14.1. The second-order valence-corrected chi connectivity index (χ2v) is 6.64.